The van der Waals surface area contributed by atoms with Gasteiger partial charge in [-0.05, 0) is 12.1 Å². The highest BCUT2D eigenvalue weighted by molar-refractivity contribution is 5.43. The first-order valence-electron chi connectivity index (χ1n) is 4.52. The van der Waals surface area contributed by atoms with Crippen LogP contribution >= 0.6 is 0 Å². The second-order valence-corrected chi connectivity index (χ2v) is 2.89. The van der Waals surface area contributed by atoms with E-state index >= 15 is 0 Å². The zero-order valence-corrected chi connectivity index (χ0v) is 8.16. The molecule has 0 saturated carbocycles. The summed E-state index contributed by atoms with van der Waals surface area (Å²) in [5.74, 6) is 0.607. The normalized spacial score (nSPS) is 10.6. The first-order valence-corrected chi connectivity index (χ1v) is 4.52. The maximum absolute atomic E-state index is 11.7. The highest BCUT2D eigenvalue weighted by atomic mass is 19.3. The van der Waals surface area contributed by atoms with Gasteiger partial charge >= 0.3 is 0 Å². The number of alkyl halides is 2. The molecule has 2 N–H and O–H groups in total. The molecule has 0 aliphatic heterocycles. The minimum Gasteiger partial charge on any atom is -0.491 e. The van der Waals surface area contributed by atoms with Crippen molar-refractivity contribution >= 4 is 5.69 Å². The molecule has 0 aliphatic carbocycles. The summed E-state index contributed by atoms with van der Waals surface area (Å²) in [7, 11) is 0. The second kappa shape index (κ2) is 6.19. The third-order valence-corrected chi connectivity index (χ3v) is 1.60. The first kappa shape index (κ1) is 11.7. The van der Waals surface area contributed by atoms with E-state index in [0.29, 0.717) is 11.4 Å². The minimum absolute atomic E-state index is 0.138. The Balaban J connectivity index is 2.15. The van der Waals surface area contributed by atoms with Gasteiger partial charge in [-0.25, -0.2) is 8.78 Å². The van der Waals surface area contributed by atoms with E-state index < -0.39 is 13.0 Å². The van der Waals surface area contributed by atoms with Gasteiger partial charge in [0.25, 0.3) is 6.43 Å². The molecular formula is C10H13F2NO2. The molecule has 0 fully saturated rings. The quantitative estimate of drug-likeness (QED) is 0.585. The van der Waals surface area contributed by atoms with Crippen LogP contribution in [0.5, 0.6) is 5.75 Å². The predicted molar refractivity (Wildman–Crippen MR) is 53.2 cm³/mol. The summed E-state index contributed by atoms with van der Waals surface area (Å²) in [6.07, 6.45) is -2.43. The van der Waals surface area contributed by atoms with Crippen molar-refractivity contribution in [2.45, 2.75) is 6.43 Å². The Morgan fingerprint density at radius 1 is 1.27 bits per heavy atom. The van der Waals surface area contributed by atoms with Crippen molar-refractivity contribution in [1.82, 2.24) is 0 Å². The van der Waals surface area contributed by atoms with E-state index in [2.05, 4.69) is 4.74 Å². The molecule has 3 nitrogen and oxygen atoms in total. The molecule has 0 unspecified atom stereocenters. The molecular weight excluding hydrogens is 204 g/mol. The lowest BCUT2D eigenvalue weighted by Crippen LogP contribution is -2.11. The Morgan fingerprint density at radius 2 is 2.07 bits per heavy atom. The van der Waals surface area contributed by atoms with Gasteiger partial charge in [0.15, 0.2) is 0 Å². The van der Waals surface area contributed by atoms with Crippen LogP contribution in [0.3, 0.4) is 0 Å². The molecule has 0 amide bonds. The monoisotopic (exact) mass is 217 g/mol. The van der Waals surface area contributed by atoms with Crippen LogP contribution in [0.25, 0.3) is 0 Å². The Kier molecular flexibility index (Phi) is 4.83. The number of ether oxygens (including phenoxy) is 2. The van der Waals surface area contributed by atoms with Crippen molar-refractivity contribution in [1.29, 1.82) is 0 Å². The molecule has 0 radical (unpaired) electrons. The van der Waals surface area contributed by atoms with E-state index in [9.17, 15) is 8.78 Å². The van der Waals surface area contributed by atoms with Crippen LogP contribution in [-0.4, -0.2) is 26.2 Å². The fraction of sp³-hybridized carbons (Fsp3) is 0.400. The Morgan fingerprint density at radius 3 is 2.73 bits per heavy atom. The molecule has 0 heterocycles. The average Bonchev–Trinajstić information content (AvgIpc) is 2.17. The average molecular weight is 217 g/mol. The van der Waals surface area contributed by atoms with E-state index in [1.165, 1.54) is 0 Å². The molecule has 1 aromatic carbocycles. The Hall–Kier alpha value is -1.36. The van der Waals surface area contributed by atoms with Crippen LogP contribution in [0.15, 0.2) is 24.3 Å². The number of halogens is 2. The van der Waals surface area contributed by atoms with Crippen molar-refractivity contribution in [3.05, 3.63) is 24.3 Å². The highest BCUT2D eigenvalue weighted by Crippen LogP contribution is 2.13. The Labute approximate surface area is 86.8 Å². The molecule has 15 heavy (non-hydrogen) atoms. The molecule has 1 aromatic rings. The summed E-state index contributed by atoms with van der Waals surface area (Å²) in [4.78, 5) is 0. The van der Waals surface area contributed by atoms with Gasteiger partial charge in [-0.2, -0.15) is 0 Å². The minimum atomic E-state index is -2.43. The van der Waals surface area contributed by atoms with Crippen LogP contribution in [0.1, 0.15) is 0 Å². The molecule has 0 aliphatic rings. The van der Waals surface area contributed by atoms with Gasteiger partial charge in [-0.1, -0.05) is 6.07 Å². The summed E-state index contributed by atoms with van der Waals surface area (Å²) in [5, 5.41) is 0. The van der Waals surface area contributed by atoms with Gasteiger partial charge < -0.3 is 15.2 Å². The predicted octanol–water partition coefficient (Wildman–Crippen LogP) is 1.93. The molecule has 0 spiro atoms. The molecule has 0 bridgehead atoms. The topological polar surface area (TPSA) is 44.5 Å². The van der Waals surface area contributed by atoms with Gasteiger partial charge in [-0.15, -0.1) is 0 Å². The van der Waals surface area contributed by atoms with Crippen LogP contribution < -0.4 is 10.5 Å². The standard InChI is InChI=1S/C10H13F2NO2/c11-10(12)7-14-4-5-15-9-3-1-2-8(13)6-9/h1-3,6,10H,4-5,7,13H2. The fourth-order valence-electron chi connectivity index (χ4n) is 0.995. The number of rotatable bonds is 6. The lowest BCUT2D eigenvalue weighted by atomic mass is 10.3. The molecule has 5 heteroatoms. The summed E-state index contributed by atoms with van der Waals surface area (Å²) >= 11 is 0. The second-order valence-electron chi connectivity index (χ2n) is 2.89. The number of hydrogen-bond acceptors (Lipinski definition) is 3. The molecule has 0 atom stereocenters. The SMILES string of the molecule is Nc1cccc(OCCOCC(F)F)c1. The molecule has 1 rings (SSSR count). The third kappa shape index (κ3) is 5.17. The van der Waals surface area contributed by atoms with Crippen molar-refractivity contribution in [2.75, 3.05) is 25.6 Å². The van der Waals surface area contributed by atoms with Gasteiger partial charge in [0.1, 0.15) is 19.0 Å². The summed E-state index contributed by atoms with van der Waals surface area (Å²) in [6.45, 7) is -0.185. The van der Waals surface area contributed by atoms with Gasteiger partial charge in [0.2, 0.25) is 0 Å². The molecule has 0 aromatic heterocycles. The van der Waals surface area contributed by atoms with Crippen molar-refractivity contribution in [3.63, 3.8) is 0 Å². The molecule has 84 valence electrons. The smallest absolute Gasteiger partial charge is 0.261 e. The van der Waals surface area contributed by atoms with E-state index in [0.717, 1.165) is 0 Å². The molecule has 0 saturated heterocycles. The maximum atomic E-state index is 11.7. The lowest BCUT2D eigenvalue weighted by molar-refractivity contribution is 0.00764. The van der Waals surface area contributed by atoms with Crippen LogP contribution in [0.4, 0.5) is 14.5 Å². The Bertz CT molecular complexity index is 295. The number of nitrogens with two attached hydrogens (primary N) is 1. The fourth-order valence-corrected chi connectivity index (χ4v) is 0.995. The summed E-state index contributed by atoms with van der Waals surface area (Å²) < 4.78 is 33.2. The lowest BCUT2D eigenvalue weighted by Gasteiger charge is -2.07. The van der Waals surface area contributed by atoms with E-state index in [4.69, 9.17) is 10.5 Å². The zero-order chi connectivity index (χ0) is 11.1. The van der Waals surface area contributed by atoms with Gasteiger partial charge in [0.05, 0.1) is 6.61 Å². The third-order valence-electron chi connectivity index (χ3n) is 1.60. The number of nitrogen functional groups attached to an aromatic ring is 1. The van der Waals surface area contributed by atoms with Crippen molar-refractivity contribution < 1.29 is 18.3 Å². The maximum Gasteiger partial charge on any atom is 0.261 e. The summed E-state index contributed by atoms with van der Waals surface area (Å²) in [6, 6.07) is 6.89. The van der Waals surface area contributed by atoms with E-state index in [1.807, 2.05) is 0 Å². The van der Waals surface area contributed by atoms with Gasteiger partial charge in [0, 0.05) is 11.8 Å². The van der Waals surface area contributed by atoms with Gasteiger partial charge in [-0.3, -0.25) is 0 Å². The number of anilines is 1. The highest BCUT2D eigenvalue weighted by Gasteiger charge is 2.01. The van der Waals surface area contributed by atoms with E-state index in [-0.39, 0.29) is 13.2 Å². The number of benzene rings is 1. The largest absolute Gasteiger partial charge is 0.491 e. The van der Waals surface area contributed by atoms with Crippen LogP contribution in [0, 0.1) is 0 Å². The van der Waals surface area contributed by atoms with E-state index in [1.54, 1.807) is 24.3 Å². The zero-order valence-electron chi connectivity index (χ0n) is 8.16. The number of hydrogen-bond donors (Lipinski definition) is 1. The van der Waals surface area contributed by atoms with Crippen molar-refractivity contribution in [2.24, 2.45) is 0 Å². The van der Waals surface area contributed by atoms with Crippen LogP contribution in [-0.2, 0) is 4.74 Å². The summed E-state index contributed by atoms with van der Waals surface area (Å²) in [5.41, 5.74) is 6.12. The first-order chi connectivity index (χ1) is 7.18. The van der Waals surface area contributed by atoms with Crippen molar-refractivity contribution in [3.8, 4) is 5.75 Å². The van der Waals surface area contributed by atoms with Crippen LogP contribution in [0.2, 0.25) is 0 Å².